The zero-order valence-corrected chi connectivity index (χ0v) is 17.4. The van der Waals surface area contributed by atoms with Gasteiger partial charge >= 0.3 is 0 Å². The molecule has 0 saturated carbocycles. The monoisotopic (exact) mass is 379 g/mol. The van der Waals surface area contributed by atoms with E-state index in [1.54, 1.807) is 0 Å². The lowest BCUT2D eigenvalue weighted by atomic mass is 10.1. The lowest BCUT2D eigenvalue weighted by Crippen LogP contribution is -2.44. The maximum absolute atomic E-state index is 4.42. The first-order valence-corrected chi connectivity index (χ1v) is 10.2. The van der Waals surface area contributed by atoms with Gasteiger partial charge in [-0.3, -0.25) is 4.99 Å². The Hall–Kier alpha value is -2.53. The van der Waals surface area contributed by atoms with Gasteiger partial charge in [-0.15, -0.1) is 0 Å². The molecule has 2 N–H and O–H groups in total. The molecule has 2 aromatic carbocycles. The van der Waals surface area contributed by atoms with Crippen LogP contribution in [0.3, 0.4) is 0 Å². The van der Waals surface area contributed by atoms with E-state index in [1.807, 2.05) is 7.05 Å². The topological polar surface area (TPSA) is 42.9 Å². The average molecular weight is 380 g/mol. The Morgan fingerprint density at radius 2 is 1.93 bits per heavy atom. The van der Waals surface area contributed by atoms with Crippen molar-refractivity contribution >= 4 is 11.6 Å². The van der Waals surface area contributed by atoms with Gasteiger partial charge in [-0.25, -0.2) is 0 Å². The average Bonchev–Trinajstić information content (AvgIpc) is 3.20. The zero-order chi connectivity index (χ0) is 19.8. The van der Waals surface area contributed by atoms with Crippen LogP contribution in [0.25, 0.3) is 0 Å². The minimum absolute atomic E-state index is 0.413. The lowest BCUT2D eigenvalue weighted by Gasteiger charge is -2.20. The third-order valence-corrected chi connectivity index (χ3v) is 5.32. The van der Waals surface area contributed by atoms with E-state index < -0.39 is 0 Å². The molecule has 0 spiro atoms. The molecular formula is C23H33N5. The standard InChI is InChI=1S/C23H33N5/c1-4-27(3)17-20-10-8-9-19(15-20)16-25-23(24-2)26-21-13-14-28(18-21)22-11-6-5-7-12-22/h5-12,15,21H,4,13-14,16-18H2,1-3H3,(H2,24,25,26). The number of nitrogens with zero attached hydrogens (tertiary/aromatic N) is 3. The van der Waals surface area contributed by atoms with Crippen molar-refractivity contribution in [2.75, 3.05) is 38.6 Å². The number of anilines is 1. The van der Waals surface area contributed by atoms with E-state index in [1.165, 1.54) is 16.8 Å². The van der Waals surface area contributed by atoms with Gasteiger partial charge in [0.25, 0.3) is 0 Å². The lowest BCUT2D eigenvalue weighted by molar-refractivity contribution is 0.345. The number of benzene rings is 2. The van der Waals surface area contributed by atoms with E-state index in [9.17, 15) is 0 Å². The molecule has 0 radical (unpaired) electrons. The van der Waals surface area contributed by atoms with Gasteiger partial charge in [-0.05, 0) is 43.3 Å². The molecule has 2 aromatic rings. The number of hydrogen-bond acceptors (Lipinski definition) is 3. The van der Waals surface area contributed by atoms with Crippen LogP contribution in [0.15, 0.2) is 59.6 Å². The maximum Gasteiger partial charge on any atom is 0.191 e. The quantitative estimate of drug-likeness (QED) is 0.573. The van der Waals surface area contributed by atoms with Crippen molar-refractivity contribution in [3.63, 3.8) is 0 Å². The molecule has 1 fully saturated rings. The first kappa shape index (κ1) is 20.2. The number of para-hydroxylation sites is 1. The molecule has 150 valence electrons. The van der Waals surface area contributed by atoms with E-state index in [0.29, 0.717) is 6.04 Å². The highest BCUT2D eigenvalue weighted by Crippen LogP contribution is 2.19. The Morgan fingerprint density at radius 1 is 1.14 bits per heavy atom. The van der Waals surface area contributed by atoms with Crippen LogP contribution in [-0.2, 0) is 13.1 Å². The van der Waals surface area contributed by atoms with Crippen LogP contribution in [-0.4, -0.2) is 50.6 Å². The third-order valence-electron chi connectivity index (χ3n) is 5.32. The van der Waals surface area contributed by atoms with Gasteiger partial charge in [0.1, 0.15) is 0 Å². The molecule has 1 saturated heterocycles. The van der Waals surface area contributed by atoms with Crippen LogP contribution in [0.2, 0.25) is 0 Å². The molecule has 0 aromatic heterocycles. The van der Waals surface area contributed by atoms with Gasteiger partial charge in [0.15, 0.2) is 5.96 Å². The van der Waals surface area contributed by atoms with Gasteiger partial charge in [-0.1, -0.05) is 49.4 Å². The van der Waals surface area contributed by atoms with Crippen molar-refractivity contribution in [2.24, 2.45) is 4.99 Å². The van der Waals surface area contributed by atoms with Crippen molar-refractivity contribution in [3.05, 3.63) is 65.7 Å². The summed E-state index contributed by atoms with van der Waals surface area (Å²) in [7, 11) is 3.99. The number of guanidine groups is 1. The van der Waals surface area contributed by atoms with Crippen LogP contribution in [0.1, 0.15) is 24.5 Å². The summed E-state index contributed by atoms with van der Waals surface area (Å²) in [6.45, 7) is 7.08. The van der Waals surface area contributed by atoms with E-state index in [-0.39, 0.29) is 0 Å². The molecule has 5 heteroatoms. The first-order chi connectivity index (χ1) is 13.7. The Bertz CT molecular complexity index is 759. The van der Waals surface area contributed by atoms with Gasteiger partial charge in [-0.2, -0.15) is 0 Å². The highest BCUT2D eigenvalue weighted by atomic mass is 15.2. The number of hydrogen-bond donors (Lipinski definition) is 2. The molecule has 0 bridgehead atoms. The minimum Gasteiger partial charge on any atom is -0.369 e. The second-order valence-electron chi connectivity index (χ2n) is 7.49. The molecule has 1 unspecified atom stereocenters. The van der Waals surface area contributed by atoms with Crippen LogP contribution in [0.4, 0.5) is 5.69 Å². The molecule has 3 rings (SSSR count). The summed E-state index contributed by atoms with van der Waals surface area (Å²) in [4.78, 5) is 9.16. The normalized spacial score (nSPS) is 17.2. The Labute approximate surface area is 169 Å². The van der Waals surface area contributed by atoms with Gasteiger partial charge in [0.2, 0.25) is 0 Å². The SMILES string of the molecule is CCN(C)Cc1cccc(CNC(=NC)NC2CCN(c3ccccc3)C2)c1. The summed E-state index contributed by atoms with van der Waals surface area (Å²) in [5.74, 6) is 0.871. The molecule has 0 amide bonds. The molecular weight excluding hydrogens is 346 g/mol. The molecule has 1 aliphatic heterocycles. The molecule has 0 aliphatic carbocycles. The van der Waals surface area contributed by atoms with Crippen LogP contribution in [0, 0.1) is 0 Å². The zero-order valence-electron chi connectivity index (χ0n) is 17.4. The Balaban J connectivity index is 1.50. The second-order valence-corrected chi connectivity index (χ2v) is 7.49. The van der Waals surface area contributed by atoms with E-state index in [2.05, 4.69) is 94.0 Å². The molecule has 1 heterocycles. The van der Waals surface area contributed by atoms with E-state index >= 15 is 0 Å². The van der Waals surface area contributed by atoms with Gasteiger partial charge in [0.05, 0.1) is 0 Å². The summed E-state index contributed by atoms with van der Waals surface area (Å²) >= 11 is 0. The van der Waals surface area contributed by atoms with Gasteiger partial charge < -0.3 is 20.4 Å². The van der Waals surface area contributed by atoms with Crippen molar-refractivity contribution in [1.29, 1.82) is 0 Å². The van der Waals surface area contributed by atoms with E-state index in [4.69, 9.17) is 0 Å². The Kier molecular flexibility index (Phi) is 7.31. The predicted octanol–water partition coefficient (Wildman–Crippen LogP) is 3.08. The van der Waals surface area contributed by atoms with Crippen molar-refractivity contribution in [3.8, 4) is 0 Å². The van der Waals surface area contributed by atoms with E-state index in [0.717, 1.165) is 45.1 Å². The van der Waals surface area contributed by atoms with Crippen molar-refractivity contribution < 1.29 is 0 Å². The fourth-order valence-electron chi connectivity index (χ4n) is 3.59. The third kappa shape index (κ3) is 5.73. The molecule has 5 nitrogen and oxygen atoms in total. The highest BCUT2D eigenvalue weighted by molar-refractivity contribution is 5.80. The fourth-order valence-corrected chi connectivity index (χ4v) is 3.59. The number of rotatable bonds is 7. The van der Waals surface area contributed by atoms with Crippen LogP contribution >= 0.6 is 0 Å². The summed E-state index contributed by atoms with van der Waals surface area (Å²) in [5.41, 5.74) is 3.92. The molecule has 28 heavy (non-hydrogen) atoms. The smallest absolute Gasteiger partial charge is 0.191 e. The summed E-state index contributed by atoms with van der Waals surface area (Å²) in [5, 5.41) is 7.05. The summed E-state index contributed by atoms with van der Waals surface area (Å²) in [6.07, 6.45) is 1.12. The number of nitrogens with one attached hydrogen (secondary N) is 2. The second kappa shape index (κ2) is 10.1. The minimum atomic E-state index is 0.413. The maximum atomic E-state index is 4.42. The first-order valence-electron chi connectivity index (χ1n) is 10.2. The van der Waals surface area contributed by atoms with Crippen molar-refractivity contribution in [2.45, 2.75) is 32.5 Å². The summed E-state index contributed by atoms with van der Waals surface area (Å²) < 4.78 is 0. The van der Waals surface area contributed by atoms with Crippen LogP contribution in [0.5, 0.6) is 0 Å². The summed E-state index contributed by atoms with van der Waals surface area (Å²) in [6, 6.07) is 19.8. The Morgan fingerprint density at radius 3 is 2.68 bits per heavy atom. The predicted molar refractivity (Wildman–Crippen MR) is 119 cm³/mol. The largest absolute Gasteiger partial charge is 0.369 e. The van der Waals surface area contributed by atoms with Crippen molar-refractivity contribution in [1.82, 2.24) is 15.5 Å². The number of aliphatic imine (C=N–C) groups is 1. The molecule has 1 atom stereocenters. The fraction of sp³-hybridized carbons (Fsp3) is 0.435. The highest BCUT2D eigenvalue weighted by Gasteiger charge is 2.23. The van der Waals surface area contributed by atoms with Gasteiger partial charge in [0, 0.05) is 45.0 Å². The van der Waals surface area contributed by atoms with Crippen LogP contribution < -0.4 is 15.5 Å². The molecule has 1 aliphatic rings.